The zero-order valence-corrected chi connectivity index (χ0v) is 19.0. The molecule has 1 aliphatic carbocycles. The van der Waals surface area contributed by atoms with Crippen molar-refractivity contribution in [3.05, 3.63) is 30.0 Å². The molecule has 0 amide bonds. The normalized spacial score (nSPS) is 25.5. The first-order valence-corrected chi connectivity index (χ1v) is 11.6. The first kappa shape index (κ1) is 21.1. The molecule has 1 saturated carbocycles. The maximum Gasteiger partial charge on any atom is 0.299 e. The van der Waals surface area contributed by atoms with Crippen molar-refractivity contribution in [3.63, 3.8) is 0 Å². The van der Waals surface area contributed by atoms with E-state index in [1.54, 1.807) is 6.20 Å². The van der Waals surface area contributed by atoms with Crippen molar-refractivity contribution in [3.8, 4) is 5.75 Å². The largest absolute Gasteiger partial charge is 0.488 e. The molecule has 3 heterocycles. The monoisotopic (exact) mass is 439 g/mol. The van der Waals surface area contributed by atoms with Gasteiger partial charge < -0.3 is 34.9 Å². The average Bonchev–Trinajstić information content (AvgIpc) is 3.25. The molecular formula is C23H33N7O2. The van der Waals surface area contributed by atoms with Crippen molar-refractivity contribution in [2.24, 2.45) is 10.7 Å². The molecule has 9 nitrogen and oxygen atoms in total. The Labute approximate surface area is 189 Å². The number of ether oxygens (including phenoxy) is 1. The number of piperazine rings is 1. The summed E-state index contributed by atoms with van der Waals surface area (Å²) in [4.78, 5) is 15.7. The van der Waals surface area contributed by atoms with E-state index < -0.39 is 0 Å². The van der Waals surface area contributed by atoms with E-state index in [9.17, 15) is 0 Å². The molecule has 0 bridgehead atoms. The number of aliphatic imine (C=N–C) groups is 1. The lowest BCUT2D eigenvalue weighted by Crippen LogP contribution is -2.44. The molecule has 32 heavy (non-hydrogen) atoms. The van der Waals surface area contributed by atoms with E-state index in [1.807, 2.05) is 13.1 Å². The number of hydrogen-bond donors (Lipinski definition) is 2. The summed E-state index contributed by atoms with van der Waals surface area (Å²) in [6, 6.07) is 7.15. The van der Waals surface area contributed by atoms with Crippen LogP contribution in [0.2, 0.25) is 0 Å². The molecule has 2 aliphatic heterocycles. The first-order valence-electron chi connectivity index (χ1n) is 11.6. The molecule has 0 unspecified atom stereocenters. The number of oxazole rings is 1. The van der Waals surface area contributed by atoms with Gasteiger partial charge in [-0.15, -0.1) is 0 Å². The highest BCUT2D eigenvalue weighted by molar-refractivity contribution is 5.98. The smallest absolute Gasteiger partial charge is 0.299 e. The fourth-order valence-corrected chi connectivity index (χ4v) is 4.54. The van der Waals surface area contributed by atoms with Gasteiger partial charge in [0, 0.05) is 45.8 Å². The van der Waals surface area contributed by atoms with Gasteiger partial charge in [-0.1, -0.05) is 12.1 Å². The van der Waals surface area contributed by atoms with E-state index in [-0.39, 0.29) is 6.10 Å². The highest BCUT2D eigenvalue weighted by atomic mass is 16.5. The lowest BCUT2D eigenvalue weighted by atomic mass is 9.93. The third-order valence-electron chi connectivity index (χ3n) is 6.60. The number of fused-ring (bicyclic) bond motifs is 1. The van der Waals surface area contributed by atoms with E-state index in [4.69, 9.17) is 19.9 Å². The summed E-state index contributed by atoms with van der Waals surface area (Å²) in [5.41, 5.74) is 8.23. The van der Waals surface area contributed by atoms with Gasteiger partial charge in [-0.25, -0.2) is 0 Å². The number of anilines is 2. The van der Waals surface area contributed by atoms with Crippen LogP contribution in [0.25, 0.3) is 0 Å². The van der Waals surface area contributed by atoms with Gasteiger partial charge >= 0.3 is 0 Å². The standard InChI is InChI=1S/C23H33N7O2/c1-28-10-12-30(13-11-28)23-25-14-20(32-23)26-22-27-21-16(15-29(22)2)4-3-5-19(21)31-18-8-6-17(24)7-9-18/h3-5,14,17-18H,6-13,15,24H2,1-2H3,(H,26,27). The number of para-hydroxylation sites is 1. The summed E-state index contributed by atoms with van der Waals surface area (Å²) in [6.07, 6.45) is 5.94. The summed E-state index contributed by atoms with van der Waals surface area (Å²) < 4.78 is 12.3. The third-order valence-corrected chi connectivity index (χ3v) is 6.60. The number of nitrogens with one attached hydrogen (secondary N) is 1. The molecule has 5 rings (SSSR count). The van der Waals surface area contributed by atoms with Crippen LogP contribution in [0.5, 0.6) is 5.75 Å². The Balaban J connectivity index is 1.32. The molecule has 9 heteroatoms. The van der Waals surface area contributed by atoms with Crippen LogP contribution in [-0.2, 0) is 6.54 Å². The minimum absolute atomic E-state index is 0.212. The van der Waals surface area contributed by atoms with Gasteiger partial charge in [0.25, 0.3) is 6.01 Å². The molecule has 1 saturated heterocycles. The van der Waals surface area contributed by atoms with E-state index in [2.05, 4.69) is 44.2 Å². The van der Waals surface area contributed by atoms with Gasteiger partial charge in [0.05, 0.1) is 18.0 Å². The molecule has 2 fully saturated rings. The average molecular weight is 440 g/mol. The zero-order valence-electron chi connectivity index (χ0n) is 19.0. The van der Waals surface area contributed by atoms with E-state index in [1.165, 1.54) is 5.56 Å². The Morgan fingerprint density at radius 1 is 1.12 bits per heavy atom. The van der Waals surface area contributed by atoms with Crippen LogP contribution in [0.15, 0.2) is 33.8 Å². The predicted octanol–water partition coefficient (Wildman–Crippen LogP) is 2.62. The zero-order chi connectivity index (χ0) is 22.1. The molecule has 2 aromatic rings. The molecule has 1 aromatic heterocycles. The van der Waals surface area contributed by atoms with Crippen LogP contribution in [0, 0.1) is 0 Å². The molecule has 0 radical (unpaired) electrons. The van der Waals surface area contributed by atoms with Crippen molar-refractivity contribution < 1.29 is 9.15 Å². The number of nitrogens with zero attached hydrogens (tertiary/aromatic N) is 5. The van der Waals surface area contributed by atoms with Crippen molar-refractivity contribution in [2.75, 3.05) is 50.5 Å². The second-order valence-corrected chi connectivity index (χ2v) is 9.13. The molecule has 0 spiro atoms. The minimum atomic E-state index is 0.212. The van der Waals surface area contributed by atoms with Crippen molar-refractivity contribution in [2.45, 2.75) is 44.4 Å². The maximum atomic E-state index is 6.39. The van der Waals surface area contributed by atoms with Crippen LogP contribution in [-0.4, -0.2) is 73.2 Å². The summed E-state index contributed by atoms with van der Waals surface area (Å²) in [7, 11) is 4.15. The Kier molecular flexibility index (Phi) is 5.93. The Morgan fingerprint density at radius 2 is 1.91 bits per heavy atom. The summed E-state index contributed by atoms with van der Waals surface area (Å²) in [5.74, 6) is 2.09. The SMILES string of the molecule is CN1CCN(c2ncc(/N=C3/Nc4c(cccc4OC4CCC(N)CC4)CN3C)o2)CC1. The van der Waals surface area contributed by atoms with Gasteiger partial charge in [0.1, 0.15) is 5.75 Å². The lowest BCUT2D eigenvalue weighted by molar-refractivity contribution is 0.148. The van der Waals surface area contributed by atoms with E-state index >= 15 is 0 Å². The van der Waals surface area contributed by atoms with Gasteiger partial charge in [-0.05, 0) is 44.4 Å². The highest BCUT2D eigenvalue weighted by Crippen LogP contribution is 2.35. The number of guanidine groups is 1. The molecule has 172 valence electrons. The van der Waals surface area contributed by atoms with Crippen molar-refractivity contribution >= 4 is 23.5 Å². The highest BCUT2D eigenvalue weighted by Gasteiger charge is 2.26. The van der Waals surface area contributed by atoms with Gasteiger partial charge in [0.2, 0.25) is 11.8 Å². The van der Waals surface area contributed by atoms with Crippen molar-refractivity contribution in [1.82, 2.24) is 14.8 Å². The topological polar surface area (TPSA) is 95.4 Å². The third kappa shape index (κ3) is 4.54. The number of hydrogen-bond acceptors (Lipinski definition) is 7. The maximum absolute atomic E-state index is 6.39. The fraction of sp³-hybridized carbons (Fsp3) is 0.565. The van der Waals surface area contributed by atoms with E-state index in [0.717, 1.165) is 75.8 Å². The Bertz CT molecular complexity index is 959. The van der Waals surface area contributed by atoms with Gasteiger partial charge in [0.15, 0.2) is 0 Å². The van der Waals surface area contributed by atoms with Gasteiger partial charge in [-0.3, -0.25) is 0 Å². The number of likely N-dealkylation sites (N-methyl/N-ethyl adjacent to an activating group) is 1. The van der Waals surface area contributed by atoms with Crippen LogP contribution in [0.1, 0.15) is 31.2 Å². The molecular weight excluding hydrogens is 406 g/mol. The van der Waals surface area contributed by atoms with Gasteiger partial charge in [-0.2, -0.15) is 9.98 Å². The molecule has 1 aromatic carbocycles. The lowest BCUT2D eigenvalue weighted by Gasteiger charge is -2.32. The van der Waals surface area contributed by atoms with Crippen molar-refractivity contribution in [1.29, 1.82) is 0 Å². The van der Waals surface area contributed by atoms with Crippen LogP contribution >= 0.6 is 0 Å². The summed E-state index contributed by atoms with van der Waals surface area (Å²) in [6.45, 7) is 4.57. The quantitative estimate of drug-likeness (QED) is 0.751. The molecule has 3 aliphatic rings. The second-order valence-electron chi connectivity index (χ2n) is 9.13. The van der Waals surface area contributed by atoms with Crippen LogP contribution < -0.4 is 20.7 Å². The number of rotatable bonds is 4. The number of nitrogens with two attached hydrogens (primary N) is 1. The molecule has 0 atom stereocenters. The Hall–Kier alpha value is -2.78. The predicted molar refractivity (Wildman–Crippen MR) is 126 cm³/mol. The number of aromatic nitrogens is 1. The number of benzene rings is 1. The van der Waals surface area contributed by atoms with Crippen LogP contribution in [0.4, 0.5) is 17.6 Å². The van der Waals surface area contributed by atoms with Crippen LogP contribution in [0.3, 0.4) is 0 Å². The van der Waals surface area contributed by atoms with E-state index in [0.29, 0.717) is 17.9 Å². The minimum Gasteiger partial charge on any atom is -0.488 e. The fourth-order valence-electron chi connectivity index (χ4n) is 4.54. The second kappa shape index (κ2) is 8.99. The Morgan fingerprint density at radius 3 is 2.69 bits per heavy atom. The summed E-state index contributed by atoms with van der Waals surface area (Å²) in [5, 5.41) is 3.47. The first-order chi connectivity index (χ1) is 15.5. The summed E-state index contributed by atoms with van der Waals surface area (Å²) >= 11 is 0. The molecule has 3 N–H and O–H groups in total.